The van der Waals surface area contributed by atoms with E-state index in [1.165, 1.54) is 12.8 Å². The molecule has 1 aromatic rings. The van der Waals surface area contributed by atoms with Gasteiger partial charge >= 0.3 is 0 Å². The lowest BCUT2D eigenvalue weighted by Crippen LogP contribution is -2.32. The van der Waals surface area contributed by atoms with Crippen LogP contribution in [-0.4, -0.2) is 35.4 Å². The van der Waals surface area contributed by atoms with Crippen LogP contribution in [0.5, 0.6) is 0 Å². The maximum Gasteiger partial charge on any atom is 0.256 e. The smallest absolute Gasteiger partial charge is 0.256 e. The number of nitrogens with one attached hydrogen (secondary N) is 1. The molecule has 2 heterocycles. The van der Waals surface area contributed by atoms with Crippen LogP contribution in [0, 0.1) is 0 Å². The molecule has 0 atom stereocenters. The highest BCUT2D eigenvalue weighted by Gasteiger charge is 2.19. The highest BCUT2D eigenvalue weighted by Crippen LogP contribution is 2.18. The normalized spacial score (nSPS) is 15.9. The van der Waals surface area contributed by atoms with Crippen molar-refractivity contribution in [2.45, 2.75) is 39.0 Å². The molecule has 1 aliphatic rings. The van der Waals surface area contributed by atoms with Gasteiger partial charge in [0.05, 0.1) is 17.4 Å². The highest BCUT2D eigenvalue weighted by molar-refractivity contribution is 5.99. The number of likely N-dealkylation sites (tertiary alicyclic amines) is 1. The summed E-state index contributed by atoms with van der Waals surface area (Å²) in [4.78, 5) is 18.7. The lowest BCUT2D eigenvalue weighted by atomic mass is 10.2. The molecule has 1 amide bonds. The minimum Gasteiger partial charge on any atom is -0.383 e. The predicted octanol–water partition coefficient (Wildman–Crippen LogP) is 2.92. The van der Waals surface area contributed by atoms with Gasteiger partial charge in [0.25, 0.3) is 5.91 Å². The first-order valence-corrected chi connectivity index (χ1v) is 7.30. The van der Waals surface area contributed by atoms with E-state index in [0.29, 0.717) is 0 Å². The van der Waals surface area contributed by atoms with Crippen LogP contribution in [-0.2, 0) is 0 Å². The number of pyridine rings is 1. The number of carbonyl (C=O) groups excluding carboxylic acids is 1. The summed E-state index contributed by atoms with van der Waals surface area (Å²) in [6.07, 6.45) is 9.19. The fraction of sp³-hybridized carbons (Fsp3) is 0.600. The molecule has 2 rings (SSSR count). The summed E-state index contributed by atoms with van der Waals surface area (Å²) in [5.41, 5.74) is 1.61. The zero-order valence-corrected chi connectivity index (χ0v) is 11.7. The lowest BCUT2D eigenvalue weighted by Gasteiger charge is -2.21. The minimum absolute atomic E-state index is 0.142. The molecular formula is C15H23N3O. The molecule has 0 aliphatic carbocycles. The average molecular weight is 261 g/mol. The van der Waals surface area contributed by atoms with Gasteiger partial charge in [-0.2, -0.15) is 0 Å². The van der Waals surface area contributed by atoms with Gasteiger partial charge in [0, 0.05) is 25.8 Å². The van der Waals surface area contributed by atoms with E-state index < -0.39 is 0 Å². The van der Waals surface area contributed by atoms with Gasteiger partial charge in [-0.15, -0.1) is 0 Å². The third-order valence-corrected chi connectivity index (χ3v) is 3.51. The summed E-state index contributed by atoms with van der Waals surface area (Å²) in [5.74, 6) is 0.142. The Bertz CT molecular complexity index is 412. The van der Waals surface area contributed by atoms with Gasteiger partial charge in [0.1, 0.15) is 0 Å². The number of anilines is 1. The molecule has 1 fully saturated rings. The zero-order valence-electron chi connectivity index (χ0n) is 11.7. The molecular weight excluding hydrogens is 238 g/mol. The molecule has 0 bridgehead atoms. The maximum absolute atomic E-state index is 12.6. The Morgan fingerprint density at radius 2 is 2.05 bits per heavy atom. The van der Waals surface area contributed by atoms with Gasteiger partial charge in [-0.1, -0.05) is 19.8 Å². The van der Waals surface area contributed by atoms with Crippen LogP contribution in [0.4, 0.5) is 5.69 Å². The van der Waals surface area contributed by atoms with E-state index in [2.05, 4.69) is 17.2 Å². The van der Waals surface area contributed by atoms with E-state index in [-0.39, 0.29) is 5.91 Å². The van der Waals surface area contributed by atoms with Gasteiger partial charge in [0.2, 0.25) is 0 Å². The summed E-state index contributed by atoms with van der Waals surface area (Å²) in [7, 11) is 0. The second kappa shape index (κ2) is 7.12. The molecule has 0 spiro atoms. The van der Waals surface area contributed by atoms with Gasteiger partial charge in [-0.25, -0.2) is 0 Å². The van der Waals surface area contributed by atoms with Crippen molar-refractivity contribution in [1.82, 2.24) is 9.88 Å². The van der Waals surface area contributed by atoms with Gasteiger partial charge in [-0.05, 0) is 25.3 Å². The molecule has 0 radical (unpaired) electrons. The van der Waals surface area contributed by atoms with Crippen molar-refractivity contribution in [3.63, 3.8) is 0 Å². The number of nitrogens with zero attached hydrogens (tertiary/aromatic N) is 2. The molecule has 0 aromatic carbocycles. The molecule has 19 heavy (non-hydrogen) atoms. The van der Waals surface area contributed by atoms with Crippen LogP contribution < -0.4 is 5.32 Å². The molecule has 0 saturated carbocycles. The lowest BCUT2D eigenvalue weighted by molar-refractivity contribution is 0.0762. The first-order chi connectivity index (χ1) is 9.33. The van der Waals surface area contributed by atoms with Crippen LogP contribution in [0.25, 0.3) is 0 Å². The first-order valence-electron chi connectivity index (χ1n) is 7.30. The van der Waals surface area contributed by atoms with Crippen LogP contribution in [0.1, 0.15) is 49.4 Å². The van der Waals surface area contributed by atoms with Gasteiger partial charge < -0.3 is 10.2 Å². The molecule has 4 heteroatoms. The average Bonchev–Trinajstić information content (AvgIpc) is 2.73. The van der Waals surface area contributed by atoms with E-state index in [1.807, 2.05) is 11.0 Å². The van der Waals surface area contributed by atoms with E-state index in [4.69, 9.17) is 0 Å². The fourth-order valence-corrected chi connectivity index (χ4v) is 2.43. The minimum atomic E-state index is 0.142. The van der Waals surface area contributed by atoms with Gasteiger partial charge in [-0.3, -0.25) is 9.78 Å². The largest absolute Gasteiger partial charge is 0.383 e. The monoisotopic (exact) mass is 261 g/mol. The Morgan fingerprint density at radius 1 is 1.32 bits per heavy atom. The number of carbonyl (C=O) groups is 1. The van der Waals surface area contributed by atoms with E-state index >= 15 is 0 Å². The van der Waals surface area contributed by atoms with Crippen LogP contribution >= 0.6 is 0 Å². The maximum atomic E-state index is 12.6. The van der Waals surface area contributed by atoms with Crippen molar-refractivity contribution in [1.29, 1.82) is 0 Å². The van der Waals surface area contributed by atoms with Gasteiger partial charge in [0.15, 0.2) is 0 Å². The van der Waals surface area contributed by atoms with Crippen molar-refractivity contribution >= 4 is 11.6 Å². The Labute approximate surface area is 115 Å². The number of aromatic nitrogens is 1. The highest BCUT2D eigenvalue weighted by atomic mass is 16.2. The number of rotatable bonds is 4. The standard InChI is InChI=1S/C15H23N3O/c1-2-8-17-14-12-16-9-7-13(14)15(19)18-10-5-3-4-6-11-18/h7,9,12,17H,2-6,8,10-11H2,1H3. The quantitative estimate of drug-likeness (QED) is 0.906. The van der Waals surface area contributed by atoms with Crippen molar-refractivity contribution in [2.75, 3.05) is 25.0 Å². The second-order valence-electron chi connectivity index (χ2n) is 5.05. The molecule has 1 aromatic heterocycles. The molecule has 0 unspecified atom stereocenters. The Balaban J connectivity index is 2.12. The third kappa shape index (κ3) is 3.69. The topological polar surface area (TPSA) is 45.2 Å². The fourth-order valence-electron chi connectivity index (χ4n) is 2.43. The summed E-state index contributed by atoms with van der Waals surface area (Å²) >= 11 is 0. The predicted molar refractivity (Wildman–Crippen MR) is 77.4 cm³/mol. The second-order valence-corrected chi connectivity index (χ2v) is 5.05. The number of hydrogen-bond acceptors (Lipinski definition) is 3. The Hall–Kier alpha value is -1.58. The number of amides is 1. The van der Waals surface area contributed by atoms with E-state index in [0.717, 1.165) is 50.1 Å². The number of hydrogen-bond donors (Lipinski definition) is 1. The van der Waals surface area contributed by atoms with Crippen LogP contribution in [0.3, 0.4) is 0 Å². The first kappa shape index (κ1) is 13.8. The van der Waals surface area contributed by atoms with E-state index in [9.17, 15) is 4.79 Å². The Morgan fingerprint density at radius 3 is 2.74 bits per heavy atom. The summed E-state index contributed by atoms with van der Waals surface area (Å²) in [5, 5.41) is 3.29. The molecule has 1 saturated heterocycles. The van der Waals surface area contributed by atoms with Crippen LogP contribution in [0.15, 0.2) is 18.5 Å². The summed E-state index contributed by atoms with van der Waals surface area (Å²) in [6.45, 7) is 4.74. The zero-order chi connectivity index (χ0) is 13.5. The van der Waals surface area contributed by atoms with E-state index in [1.54, 1.807) is 12.4 Å². The SMILES string of the molecule is CCCNc1cnccc1C(=O)N1CCCCCC1. The summed E-state index contributed by atoms with van der Waals surface area (Å²) < 4.78 is 0. The molecule has 4 nitrogen and oxygen atoms in total. The van der Waals surface area contributed by atoms with Crippen molar-refractivity contribution in [2.24, 2.45) is 0 Å². The Kier molecular flexibility index (Phi) is 5.19. The summed E-state index contributed by atoms with van der Waals surface area (Å²) in [6, 6.07) is 1.82. The third-order valence-electron chi connectivity index (χ3n) is 3.51. The van der Waals surface area contributed by atoms with Crippen LogP contribution in [0.2, 0.25) is 0 Å². The molecule has 104 valence electrons. The van der Waals surface area contributed by atoms with Crippen molar-refractivity contribution in [3.05, 3.63) is 24.0 Å². The molecule has 1 aliphatic heterocycles. The molecule has 1 N–H and O–H groups in total. The van der Waals surface area contributed by atoms with Crippen molar-refractivity contribution < 1.29 is 4.79 Å². The van der Waals surface area contributed by atoms with Crippen molar-refractivity contribution in [3.8, 4) is 0 Å².